The van der Waals surface area contributed by atoms with Crippen molar-refractivity contribution in [3.63, 3.8) is 0 Å². The summed E-state index contributed by atoms with van der Waals surface area (Å²) in [6.07, 6.45) is 4.45. The second-order valence-electron chi connectivity index (χ2n) is 3.30. The fraction of sp³-hybridized carbons (Fsp3) is 0.250. The average molecular weight is 202 g/mol. The molecule has 0 spiro atoms. The summed E-state index contributed by atoms with van der Waals surface area (Å²) in [6, 6.07) is 7.87. The van der Waals surface area contributed by atoms with Crippen LogP contribution in [0.4, 0.5) is 5.82 Å². The Kier molecular flexibility index (Phi) is 3.02. The zero-order valence-electron chi connectivity index (χ0n) is 8.73. The first kappa shape index (κ1) is 9.77. The van der Waals surface area contributed by atoms with Gasteiger partial charge in [-0.1, -0.05) is 13.0 Å². The Morgan fingerprint density at radius 1 is 1.33 bits per heavy atom. The predicted octanol–water partition coefficient (Wildman–Crippen LogP) is 2.85. The zero-order chi connectivity index (χ0) is 10.5. The minimum absolute atomic E-state index is 0.678. The van der Waals surface area contributed by atoms with E-state index in [0.29, 0.717) is 6.54 Å². The standard InChI is InChI=1S/C12H14N2O/c1-2-10-5-3-7-13-12(10)14-9-11-6-4-8-15-11/h3-8H,2,9H2,1H3,(H,13,14). The lowest BCUT2D eigenvalue weighted by Crippen LogP contribution is -2.03. The van der Waals surface area contributed by atoms with Crippen molar-refractivity contribution in [2.75, 3.05) is 5.32 Å². The Morgan fingerprint density at radius 2 is 2.27 bits per heavy atom. The van der Waals surface area contributed by atoms with Crippen molar-refractivity contribution in [1.82, 2.24) is 4.98 Å². The van der Waals surface area contributed by atoms with E-state index in [0.717, 1.165) is 18.0 Å². The molecule has 0 atom stereocenters. The Hall–Kier alpha value is -1.77. The molecule has 0 saturated heterocycles. The van der Waals surface area contributed by atoms with Crippen LogP contribution in [0.25, 0.3) is 0 Å². The average Bonchev–Trinajstić information content (AvgIpc) is 2.79. The van der Waals surface area contributed by atoms with Crippen molar-refractivity contribution in [1.29, 1.82) is 0 Å². The van der Waals surface area contributed by atoms with Crippen LogP contribution in [0, 0.1) is 0 Å². The number of hydrogen-bond acceptors (Lipinski definition) is 3. The number of rotatable bonds is 4. The molecule has 0 fully saturated rings. The second-order valence-corrected chi connectivity index (χ2v) is 3.30. The van der Waals surface area contributed by atoms with Crippen LogP contribution in [0.1, 0.15) is 18.2 Å². The molecule has 1 N–H and O–H groups in total. The van der Waals surface area contributed by atoms with E-state index in [1.165, 1.54) is 5.56 Å². The van der Waals surface area contributed by atoms with Gasteiger partial charge in [0.2, 0.25) is 0 Å². The summed E-state index contributed by atoms with van der Waals surface area (Å²) in [6.45, 7) is 2.80. The SMILES string of the molecule is CCc1cccnc1NCc1ccco1. The topological polar surface area (TPSA) is 38.1 Å². The normalized spacial score (nSPS) is 10.2. The summed E-state index contributed by atoms with van der Waals surface area (Å²) < 4.78 is 5.24. The van der Waals surface area contributed by atoms with E-state index in [2.05, 4.69) is 23.3 Å². The minimum atomic E-state index is 0.678. The first-order valence-corrected chi connectivity index (χ1v) is 5.10. The number of hydrogen-bond donors (Lipinski definition) is 1. The molecule has 0 aromatic carbocycles. The molecule has 0 bridgehead atoms. The highest BCUT2D eigenvalue weighted by Crippen LogP contribution is 2.13. The molecule has 0 aliphatic rings. The molecule has 2 rings (SSSR count). The largest absolute Gasteiger partial charge is 0.467 e. The number of furan rings is 1. The highest BCUT2D eigenvalue weighted by atomic mass is 16.3. The summed E-state index contributed by atoms with van der Waals surface area (Å²) >= 11 is 0. The third-order valence-corrected chi connectivity index (χ3v) is 2.28. The number of nitrogens with one attached hydrogen (secondary N) is 1. The Balaban J connectivity index is 2.04. The second kappa shape index (κ2) is 4.64. The van der Waals surface area contributed by atoms with Crippen molar-refractivity contribution in [2.45, 2.75) is 19.9 Å². The van der Waals surface area contributed by atoms with E-state index in [-0.39, 0.29) is 0 Å². The minimum Gasteiger partial charge on any atom is -0.467 e. The molecule has 0 radical (unpaired) electrons. The van der Waals surface area contributed by atoms with Crippen LogP contribution in [-0.4, -0.2) is 4.98 Å². The predicted molar refractivity (Wildman–Crippen MR) is 59.6 cm³/mol. The Labute approximate surface area is 89.1 Å². The van der Waals surface area contributed by atoms with Gasteiger partial charge in [0.15, 0.2) is 0 Å². The van der Waals surface area contributed by atoms with Gasteiger partial charge < -0.3 is 9.73 Å². The smallest absolute Gasteiger partial charge is 0.129 e. The lowest BCUT2D eigenvalue weighted by atomic mass is 10.2. The molecule has 78 valence electrons. The molecule has 0 unspecified atom stereocenters. The van der Waals surface area contributed by atoms with Crippen LogP contribution in [-0.2, 0) is 13.0 Å². The van der Waals surface area contributed by atoms with Gasteiger partial charge in [-0.3, -0.25) is 0 Å². The molecule has 15 heavy (non-hydrogen) atoms. The van der Waals surface area contributed by atoms with Gasteiger partial charge >= 0.3 is 0 Å². The van der Waals surface area contributed by atoms with Crippen molar-refractivity contribution < 1.29 is 4.42 Å². The number of anilines is 1. The summed E-state index contributed by atoms with van der Waals surface area (Å²) in [5.74, 6) is 1.86. The fourth-order valence-corrected chi connectivity index (χ4v) is 1.47. The lowest BCUT2D eigenvalue weighted by Gasteiger charge is -2.07. The van der Waals surface area contributed by atoms with Gasteiger partial charge in [0.1, 0.15) is 11.6 Å². The molecular weight excluding hydrogens is 188 g/mol. The lowest BCUT2D eigenvalue weighted by molar-refractivity contribution is 0.517. The van der Waals surface area contributed by atoms with Crippen LogP contribution in [0.2, 0.25) is 0 Å². The van der Waals surface area contributed by atoms with Crippen molar-refractivity contribution in [3.05, 3.63) is 48.0 Å². The molecule has 0 aliphatic heterocycles. The van der Waals surface area contributed by atoms with E-state index in [1.54, 1.807) is 12.5 Å². The van der Waals surface area contributed by atoms with Crippen molar-refractivity contribution in [2.24, 2.45) is 0 Å². The van der Waals surface area contributed by atoms with E-state index in [9.17, 15) is 0 Å². The van der Waals surface area contributed by atoms with Crippen molar-refractivity contribution >= 4 is 5.82 Å². The highest BCUT2D eigenvalue weighted by Gasteiger charge is 2.01. The van der Waals surface area contributed by atoms with E-state index in [4.69, 9.17) is 4.42 Å². The van der Waals surface area contributed by atoms with Gasteiger partial charge in [-0.25, -0.2) is 4.98 Å². The maximum Gasteiger partial charge on any atom is 0.129 e. The molecule has 3 nitrogen and oxygen atoms in total. The van der Waals surface area contributed by atoms with Gasteiger partial charge in [-0.2, -0.15) is 0 Å². The number of nitrogens with zero attached hydrogens (tertiary/aromatic N) is 1. The van der Waals surface area contributed by atoms with Gasteiger partial charge in [0.05, 0.1) is 12.8 Å². The quantitative estimate of drug-likeness (QED) is 0.828. The third-order valence-electron chi connectivity index (χ3n) is 2.28. The van der Waals surface area contributed by atoms with Crippen LogP contribution < -0.4 is 5.32 Å². The first-order chi connectivity index (χ1) is 7.40. The molecule has 0 saturated carbocycles. The van der Waals surface area contributed by atoms with E-state index < -0.39 is 0 Å². The van der Waals surface area contributed by atoms with Gasteiger partial charge in [0, 0.05) is 6.20 Å². The van der Waals surface area contributed by atoms with E-state index in [1.807, 2.05) is 18.2 Å². The van der Waals surface area contributed by atoms with Gasteiger partial charge in [-0.15, -0.1) is 0 Å². The molecular formula is C12H14N2O. The van der Waals surface area contributed by atoms with Crippen LogP contribution in [0.3, 0.4) is 0 Å². The summed E-state index contributed by atoms with van der Waals surface area (Å²) in [5.41, 5.74) is 1.23. The molecule has 2 aromatic rings. The number of pyridine rings is 1. The van der Waals surface area contributed by atoms with E-state index >= 15 is 0 Å². The third kappa shape index (κ3) is 2.37. The molecule has 2 aromatic heterocycles. The fourth-order valence-electron chi connectivity index (χ4n) is 1.47. The maximum absolute atomic E-state index is 5.24. The summed E-state index contributed by atoms with van der Waals surface area (Å²) in [4.78, 5) is 4.30. The molecule has 3 heteroatoms. The number of aromatic nitrogens is 1. The van der Waals surface area contributed by atoms with Crippen molar-refractivity contribution in [3.8, 4) is 0 Å². The van der Waals surface area contributed by atoms with Gasteiger partial charge in [0.25, 0.3) is 0 Å². The summed E-state index contributed by atoms with van der Waals surface area (Å²) in [5, 5.41) is 3.26. The van der Waals surface area contributed by atoms with Crippen LogP contribution in [0.5, 0.6) is 0 Å². The number of aryl methyl sites for hydroxylation is 1. The Bertz CT molecular complexity index is 409. The first-order valence-electron chi connectivity index (χ1n) is 5.10. The molecule has 0 amide bonds. The highest BCUT2D eigenvalue weighted by molar-refractivity contribution is 5.43. The van der Waals surface area contributed by atoms with Crippen LogP contribution >= 0.6 is 0 Å². The zero-order valence-corrected chi connectivity index (χ0v) is 8.73. The van der Waals surface area contributed by atoms with Gasteiger partial charge in [-0.05, 0) is 30.2 Å². The monoisotopic (exact) mass is 202 g/mol. The molecule has 2 heterocycles. The summed E-state index contributed by atoms with van der Waals surface area (Å²) in [7, 11) is 0. The van der Waals surface area contributed by atoms with Crippen LogP contribution in [0.15, 0.2) is 41.1 Å². The molecule has 0 aliphatic carbocycles. The Morgan fingerprint density at radius 3 is 3.00 bits per heavy atom. The maximum atomic E-state index is 5.24.